The molecule has 2 aromatic carbocycles. The summed E-state index contributed by atoms with van der Waals surface area (Å²) < 4.78 is 13.5. The molecule has 3 aliphatic heterocycles. The lowest BCUT2D eigenvalue weighted by atomic mass is 9.74. The Morgan fingerprint density at radius 3 is 2.67 bits per heavy atom. The second kappa shape index (κ2) is 9.36. The van der Waals surface area contributed by atoms with Crippen LogP contribution in [0.5, 0.6) is 0 Å². The normalized spacial score (nSPS) is 21.0. The number of nitrogens with zero attached hydrogens (tertiary/aromatic N) is 2. The second-order valence-corrected chi connectivity index (χ2v) is 11.2. The van der Waals surface area contributed by atoms with E-state index < -0.39 is 0 Å². The van der Waals surface area contributed by atoms with E-state index in [0.717, 1.165) is 61.5 Å². The highest BCUT2D eigenvalue weighted by molar-refractivity contribution is 6.30. The molecule has 2 fully saturated rings. The zero-order valence-corrected chi connectivity index (χ0v) is 21.0. The van der Waals surface area contributed by atoms with Gasteiger partial charge in [0.15, 0.2) is 0 Å². The predicted molar refractivity (Wildman–Crippen MR) is 140 cm³/mol. The lowest BCUT2D eigenvalue weighted by Crippen LogP contribution is -2.48. The summed E-state index contributed by atoms with van der Waals surface area (Å²) in [6.45, 7) is 4.83. The average molecular weight is 511 g/mol. The standard InChI is InChI=1S/C28H32ClFN4O2/c29-20-1-3-22-24(15-20)31-17-28(22)7-11-33(12-8-28)16-26(35)18-5-9-34(10-6-18)27(36)25-14-19-13-21(30)2-4-23(19)32-25/h1-4,13-15,18,26,31-32,35H,5-12,16-17H2/t26-/m1/s1. The van der Waals surface area contributed by atoms with Crippen LogP contribution in [0.25, 0.3) is 10.9 Å². The number of aromatic amines is 1. The summed E-state index contributed by atoms with van der Waals surface area (Å²) in [7, 11) is 0. The Labute approximate surface area is 215 Å². The number of aromatic nitrogens is 1. The Kier molecular flexibility index (Phi) is 6.18. The molecule has 6 nitrogen and oxygen atoms in total. The number of benzene rings is 2. The van der Waals surface area contributed by atoms with Crippen molar-refractivity contribution >= 4 is 34.1 Å². The number of fused-ring (bicyclic) bond motifs is 3. The third-order valence-corrected chi connectivity index (χ3v) is 8.85. The molecule has 3 aliphatic rings. The number of aliphatic hydroxyl groups is 1. The Morgan fingerprint density at radius 1 is 1.11 bits per heavy atom. The van der Waals surface area contributed by atoms with E-state index >= 15 is 0 Å². The van der Waals surface area contributed by atoms with Gasteiger partial charge in [0, 0.05) is 53.2 Å². The molecule has 1 amide bonds. The van der Waals surface area contributed by atoms with Crippen molar-refractivity contribution in [3.63, 3.8) is 0 Å². The van der Waals surface area contributed by atoms with Crippen molar-refractivity contribution in [2.45, 2.75) is 37.2 Å². The third kappa shape index (κ3) is 4.38. The van der Waals surface area contributed by atoms with Crippen molar-refractivity contribution in [1.29, 1.82) is 0 Å². The topological polar surface area (TPSA) is 71.6 Å². The summed E-state index contributed by atoms with van der Waals surface area (Å²) in [5.74, 6) is -0.181. The molecule has 6 rings (SSSR count). The van der Waals surface area contributed by atoms with Gasteiger partial charge in [0.25, 0.3) is 5.91 Å². The van der Waals surface area contributed by atoms with Gasteiger partial charge in [-0.15, -0.1) is 0 Å². The first kappa shape index (κ1) is 23.8. The van der Waals surface area contributed by atoms with Crippen molar-refractivity contribution in [2.24, 2.45) is 5.92 Å². The predicted octanol–water partition coefficient (Wildman–Crippen LogP) is 4.63. The number of nitrogens with one attached hydrogen (secondary N) is 2. The molecule has 3 N–H and O–H groups in total. The van der Waals surface area contributed by atoms with E-state index in [-0.39, 0.29) is 29.2 Å². The van der Waals surface area contributed by atoms with Crippen molar-refractivity contribution in [1.82, 2.24) is 14.8 Å². The van der Waals surface area contributed by atoms with Crippen LogP contribution in [0.4, 0.5) is 10.1 Å². The molecule has 0 saturated carbocycles. The molecule has 1 spiro atoms. The highest BCUT2D eigenvalue weighted by atomic mass is 35.5. The van der Waals surface area contributed by atoms with Crippen molar-refractivity contribution in [3.05, 3.63) is 64.6 Å². The number of β-amino-alcohol motifs (C(OH)–C–C–N with tert-alkyl or cyclic N) is 1. The molecular weight excluding hydrogens is 479 g/mol. The lowest BCUT2D eigenvalue weighted by Gasteiger charge is -2.41. The van der Waals surface area contributed by atoms with Crippen LogP contribution in [0.1, 0.15) is 41.7 Å². The minimum Gasteiger partial charge on any atom is -0.392 e. The number of piperidine rings is 2. The Bertz CT molecular complexity index is 1280. The van der Waals surface area contributed by atoms with Gasteiger partial charge in [0.1, 0.15) is 11.5 Å². The maximum Gasteiger partial charge on any atom is 0.270 e. The Morgan fingerprint density at radius 2 is 1.89 bits per heavy atom. The number of carbonyl (C=O) groups is 1. The summed E-state index contributed by atoms with van der Waals surface area (Å²) in [5.41, 5.74) is 3.96. The molecule has 4 heterocycles. The number of likely N-dealkylation sites (tertiary alicyclic amines) is 2. The van der Waals surface area contributed by atoms with E-state index in [2.05, 4.69) is 21.3 Å². The molecule has 8 heteroatoms. The number of anilines is 1. The zero-order chi connectivity index (χ0) is 24.9. The molecule has 36 heavy (non-hydrogen) atoms. The molecule has 0 aliphatic carbocycles. The summed E-state index contributed by atoms with van der Waals surface area (Å²) in [5, 5.41) is 16.0. The first-order chi connectivity index (χ1) is 17.4. The van der Waals surface area contributed by atoms with E-state index in [9.17, 15) is 14.3 Å². The van der Waals surface area contributed by atoms with Crippen LogP contribution < -0.4 is 5.32 Å². The number of hydrogen-bond acceptors (Lipinski definition) is 4. The van der Waals surface area contributed by atoms with Crippen LogP contribution in [0.2, 0.25) is 5.02 Å². The van der Waals surface area contributed by atoms with E-state index in [0.29, 0.717) is 30.7 Å². The number of H-pyrrole nitrogens is 1. The number of halogens is 2. The minimum absolute atomic E-state index is 0.0624. The summed E-state index contributed by atoms with van der Waals surface area (Å²) in [6, 6.07) is 12.4. The van der Waals surface area contributed by atoms with Crippen LogP contribution >= 0.6 is 11.6 Å². The first-order valence-electron chi connectivity index (χ1n) is 12.9. The molecule has 3 aromatic rings. The number of carbonyl (C=O) groups excluding carboxylic acids is 1. The first-order valence-corrected chi connectivity index (χ1v) is 13.3. The molecule has 0 unspecified atom stereocenters. The monoisotopic (exact) mass is 510 g/mol. The van der Waals surface area contributed by atoms with Crippen LogP contribution in [-0.2, 0) is 5.41 Å². The van der Waals surface area contributed by atoms with E-state index in [1.54, 1.807) is 12.1 Å². The third-order valence-electron chi connectivity index (χ3n) is 8.61. The number of rotatable bonds is 4. The van der Waals surface area contributed by atoms with Gasteiger partial charge in [0.2, 0.25) is 0 Å². The molecule has 1 atom stereocenters. The zero-order valence-electron chi connectivity index (χ0n) is 20.3. The van der Waals surface area contributed by atoms with Crippen molar-refractivity contribution < 1.29 is 14.3 Å². The fraction of sp³-hybridized carbons (Fsp3) is 0.464. The second-order valence-electron chi connectivity index (χ2n) is 10.7. The lowest BCUT2D eigenvalue weighted by molar-refractivity contribution is 0.0203. The van der Waals surface area contributed by atoms with Gasteiger partial charge in [-0.2, -0.15) is 0 Å². The van der Waals surface area contributed by atoms with Crippen LogP contribution in [0.3, 0.4) is 0 Å². The maximum absolute atomic E-state index is 13.5. The fourth-order valence-corrected chi connectivity index (χ4v) is 6.56. The Hall–Kier alpha value is -2.61. The van der Waals surface area contributed by atoms with E-state index in [1.165, 1.54) is 17.7 Å². The van der Waals surface area contributed by atoms with Crippen LogP contribution in [0, 0.1) is 11.7 Å². The van der Waals surface area contributed by atoms with Crippen LogP contribution in [0.15, 0.2) is 42.5 Å². The van der Waals surface area contributed by atoms with Gasteiger partial charge in [-0.1, -0.05) is 17.7 Å². The summed E-state index contributed by atoms with van der Waals surface area (Å²) >= 11 is 6.17. The van der Waals surface area contributed by atoms with E-state index in [4.69, 9.17) is 11.6 Å². The van der Waals surface area contributed by atoms with Crippen molar-refractivity contribution in [3.8, 4) is 0 Å². The largest absolute Gasteiger partial charge is 0.392 e. The highest BCUT2D eigenvalue weighted by Crippen LogP contribution is 2.44. The SMILES string of the molecule is O=C(c1cc2cc(F)ccc2[nH]1)N1CCC([C@H](O)CN2CCC3(CC2)CNc2cc(Cl)ccc23)CC1. The van der Waals surface area contributed by atoms with Crippen molar-refractivity contribution in [2.75, 3.05) is 44.6 Å². The van der Waals surface area contributed by atoms with Gasteiger partial charge < -0.3 is 25.2 Å². The minimum atomic E-state index is -0.389. The summed E-state index contributed by atoms with van der Waals surface area (Å²) in [6.07, 6.45) is 3.33. The summed E-state index contributed by atoms with van der Waals surface area (Å²) in [4.78, 5) is 20.3. The van der Waals surface area contributed by atoms with Gasteiger partial charge in [0.05, 0.1) is 6.10 Å². The smallest absolute Gasteiger partial charge is 0.270 e. The Balaban J connectivity index is 1.01. The van der Waals surface area contributed by atoms with Gasteiger partial charge in [-0.3, -0.25) is 4.79 Å². The average Bonchev–Trinajstić information content (AvgIpc) is 3.46. The van der Waals surface area contributed by atoms with Gasteiger partial charge in [-0.25, -0.2) is 4.39 Å². The number of hydrogen-bond donors (Lipinski definition) is 3. The highest BCUT2D eigenvalue weighted by Gasteiger charge is 2.42. The van der Waals surface area contributed by atoms with E-state index in [1.807, 2.05) is 17.0 Å². The van der Waals surface area contributed by atoms with Gasteiger partial charge >= 0.3 is 0 Å². The number of amides is 1. The molecule has 0 radical (unpaired) electrons. The molecule has 1 aromatic heterocycles. The molecule has 0 bridgehead atoms. The van der Waals surface area contributed by atoms with Gasteiger partial charge in [-0.05, 0) is 86.7 Å². The molecule has 2 saturated heterocycles. The number of aliphatic hydroxyl groups excluding tert-OH is 1. The molecule has 190 valence electrons. The fourth-order valence-electron chi connectivity index (χ4n) is 6.38. The van der Waals surface area contributed by atoms with Crippen LogP contribution in [-0.4, -0.2) is 71.2 Å². The quantitative estimate of drug-likeness (QED) is 0.478. The molecular formula is C28H32ClFN4O2. The maximum atomic E-state index is 13.5.